The molecule has 1 saturated heterocycles. The van der Waals surface area contributed by atoms with Crippen molar-refractivity contribution < 1.29 is 18.3 Å². The van der Waals surface area contributed by atoms with Gasteiger partial charge in [-0.15, -0.1) is 0 Å². The second-order valence-electron chi connectivity index (χ2n) is 4.05. The van der Waals surface area contributed by atoms with E-state index >= 15 is 0 Å². The fourth-order valence-electron chi connectivity index (χ4n) is 1.76. The minimum Gasteiger partial charge on any atom is -0.477 e. The third-order valence-corrected chi connectivity index (χ3v) is 4.38. The summed E-state index contributed by atoms with van der Waals surface area (Å²) < 4.78 is 22.6. The van der Waals surface area contributed by atoms with Crippen LogP contribution in [0.25, 0.3) is 0 Å². The first-order chi connectivity index (χ1) is 8.39. The van der Waals surface area contributed by atoms with Gasteiger partial charge in [-0.2, -0.15) is 0 Å². The molecule has 1 aromatic heterocycles. The van der Waals surface area contributed by atoms with Crippen molar-refractivity contribution in [1.82, 2.24) is 4.98 Å². The summed E-state index contributed by atoms with van der Waals surface area (Å²) in [4.78, 5) is 16.5. The van der Waals surface area contributed by atoms with Gasteiger partial charge in [-0.3, -0.25) is 0 Å². The highest BCUT2D eigenvalue weighted by molar-refractivity contribution is 7.91. The summed E-state index contributed by atoms with van der Waals surface area (Å²) in [6, 6.07) is 2.79. The number of carbonyl (C=O) groups is 1. The molecule has 0 radical (unpaired) electrons. The van der Waals surface area contributed by atoms with Gasteiger partial charge in [-0.05, 0) is 12.1 Å². The molecule has 0 aromatic carbocycles. The van der Waals surface area contributed by atoms with Crippen molar-refractivity contribution >= 4 is 27.3 Å². The van der Waals surface area contributed by atoms with Crippen molar-refractivity contribution in [3.8, 4) is 0 Å². The highest BCUT2D eigenvalue weighted by Crippen LogP contribution is 2.22. The molecule has 0 saturated carbocycles. The number of carboxylic acids is 1. The van der Waals surface area contributed by atoms with Gasteiger partial charge in [0.25, 0.3) is 0 Å². The molecular formula is C10H13N3O4S. The molecule has 0 bridgehead atoms. The Balaban J connectivity index is 2.28. The molecule has 1 fully saturated rings. The average Bonchev–Trinajstić information content (AvgIpc) is 2.30. The lowest BCUT2D eigenvalue weighted by atomic mass is 10.3. The van der Waals surface area contributed by atoms with Gasteiger partial charge in [0.2, 0.25) is 0 Å². The quantitative estimate of drug-likeness (QED) is 0.752. The molecule has 0 unspecified atom stereocenters. The number of hydrogen-bond donors (Lipinski definition) is 2. The maximum absolute atomic E-state index is 11.3. The third kappa shape index (κ3) is 2.53. The number of sulfone groups is 1. The number of anilines is 2. The summed E-state index contributed by atoms with van der Waals surface area (Å²) in [5.74, 6) is -0.734. The Morgan fingerprint density at radius 1 is 1.33 bits per heavy atom. The Kier molecular flexibility index (Phi) is 3.12. The summed E-state index contributed by atoms with van der Waals surface area (Å²) in [5, 5.41) is 8.86. The highest BCUT2D eigenvalue weighted by Gasteiger charge is 2.24. The lowest BCUT2D eigenvalue weighted by molar-refractivity contribution is 0.0690. The van der Waals surface area contributed by atoms with Crippen LogP contribution < -0.4 is 10.6 Å². The zero-order valence-electron chi connectivity index (χ0n) is 9.54. The van der Waals surface area contributed by atoms with Gasteiger partial charge in [0.15, 0.2) is 21.3 Å². The molecule has 0 atom stereocenters. The van der Waals surface area contributed by atoms with Crippen LogP contribution in [0.2, 0.25) is 0 Å². The minimum absolute atomic E-state index is 0.0332. The molecule has 18 heavy (non-hydrogen) atoms. The molecule has 8 heteroatoms. The number of aromatic nitrogens is 1. The largest absolute Gasteiger partial charge is 0.477 e. The van der Waals surface area contributed by atoms with E-state index in [1.54, 1.807) is 4.90 Å². The highest BCUT2D eigenvalue weighted by atomic mass is 32.2. The standard InChI is InChI=1S/C10H13N3O4S/c11-7-1-2-8(10(14)15)12-9(7)13-3-5-18(16,17)6-4-13/h1-2H,3-6,11H2,(H,14,15). The summed E-state index contributed by atoms with van der Waals surface area (Å²) in [7, 11) is -2.99. The van der Waals surface area contributed by atoms with Crippen LogP contribution in [0.5, 0.6) is 0 Å². The molecule has 3 N–H and O–H groups in total. The minimum atomic E-state index is -2.99. The number of hydrogen-bond acceptors (Lipinski definition) is 6. The van der Waals surface area contributed by atoms with E-state index in [9.17, 15) is 13.2 Å². The third-order valence-electron chi connectivity index (χ3n) is 2.77. The Morgan fingerprint density at radius 3 is 2.50 bits per heavy atom. The van der Waals surface area contributed by atoms with Gasteiger partial charge in [0.05, 0.1) is 17.2 Å². The molecule has 1 aromatic rings. The number of aromatic carboxylic acids is 1. The van der Waals surface area contributed by atoms with Crippen LogP contribution in [0.1, 0.15) is 10.5 Å². The van der Waals surface area contributed by atoms with Crippen LogP contribution >= 0.6 is 0 Å². The predicted octanol–water partition coefficient (Wildman–Crippen LogP) is -0.403. The summed E-state index contributed by atoms with van der Waals surface area (Å²) in [6.45, 7) is 0.561. The number of nitrogens with two attached hydrogens (primary N) is 1. The monoisotopic (exact) mass is 271 g/mol. The normalized spacial score (nSPS) is 18.6. The van der Waals surface area contributed by atoms with Crippen LogP contribution in [-0.4, -0.2) is 49.1 Å². The molecule has 7 nitrogen and oxygen atoms in total. The molecule has 1 aliphatic rings. The maximum Gasteiger partial charge on any atom is 0.354 e. The van der Waals surface area contributed by atoms with Gasteiger partial charge in [0.1, 0.15) is 0 Å². The molecule has 1 aliphatic heterocycles. The van der Waals surface area contributed by atoms with Crippen molar-refractivity contribution in [3.63, 3.8) is 0 Å². The Morgan fingerprint density at radius 2 is 1.94 bits per heavy atom. The average molecular weight is 271 g/mol. The van der Waals surface area contributed by atoms with Crippen molar-refractivity contribution in [2.75, 3.05) is 35.2 Å². The maximum atomic E-state index is 11.3. The van der Waals surface area contributed by atoms with Gasteiger partial charge >= 0.3 is 5.97 Å². The zero-order valence-corrected chi connectivity index (χ0v) is 10.4. The number of carboxylic acid groups (broad SMARTS) is 1. The van der Waals surface area contributed by atoms with E-state index in [0.29, 0.717) is 11.5 Å². The number of nitrogens with zero attached hydrogens (tertiary/aromatic N) is 2. The first-order valence-corrected chi connectivity index (χ1v) is 7.16. The Hall–Kier alpha value is -1.83. The number of rotatable bonds is 2. The first-order valence-electron chi connectivity index (χ1n) is 5.34. The van der Waals surface area contributed by atoms with Gasteiger partial charge < -0.3 is 15.7 Å². The van der Waals surface area contributed by atoms with E-state index in [-0.39, 0.29) is 30.3 Å². The van der Waals surface area contributed by atoms with Crippen LogP contribution in [-0.2, 0) is 9.84 Å². The fourth-order valence-corrected chi connectivity index (χ4v) is 2.96. The smallest absolute Gasteiger partial charge is 0.354 e. The summed E-state index contributed by atoms with van der Waals surface area (Å²) in [5.41, 5.74) is 5.98. The van der Waals surface area contributed by atoms with Crippen LogP contribution in [0.3, 0.4) is 0 Å². The van der Waals surface area contributed by atoms with E-state index in [1.807, 2.05) is 0 Å². The van der Waals surface area contributed by atoms with Crippen molar-refractivity contribution in [3.05, 3.63) is 17.8 Å². The van der Waals surface area contributed by atoms with E-state index in [1.165, 1.54) is 12.1 Å². The van der Waals surface area contributed by atoms with Crippen molar-refractivity contribution in [1.29, 1.82) is 0 Å². The molecule has 0 amide bonds. The zero-order chi connectivity index (χ0) is 13.3. The molecule has 2 rings (SSSR count). The summed E-state index contributed by atoms with van der Waals surface area (Å²) in [6.07, 6.45) is 0. The van der Waals surface area contributed by atoms with Crippen LogP contribution in [0, 0.1) is 0 Å². The molecule has 2 heterocycles. The van der Waals surface area contributed by atoms with Crippen LogP contribution in [0.15, 0.2) is 12.1 Å². The van der Waals surface area contributed by atoms with E-state index in [4.69, 9.17) is 10.8 Å². The van der Waals surface area contributed by atoms with Crippen LogP contribution in [0.4, 0.5) is 11.5 Å². The number of nitrogen functional groups attached to an aromatic ring is 1. The van der Waals surface area contributed by atoms with E-state index < -0.39 is 15.8 Å². The molecule has 0 spiro atoms. The van der Waals surface area contributed by atoms with Gasteiger partial charge in [-0.25, -0.2) is 18.2 Å². The topological polar surface area (TPSA) is 114 Å². The first kappa shape index (κ1) is 12.6. The molecular weight excluding hydrogens is 258 g/mol. The Labute approximate surface area is 104 Å². The fraction of sp³-hybridized carbons (Fsp3) is 0.400. The lowest BCUT2D eigenvalue weighted by Gasteiger charge is -2.28. The predicted molar refractivity (Wildman–Crippen MR) is 66.5 cm³/mol. The van der Waals surface area contributed by atoms with Crippen molar-refractivity contribution in [2.24, 2.45) is 0 Å². The Bertz CT molecular complexity index is 571. The second-order valence-corrected chi connectivity index (χ2v) is 6.36. The second kappa shape index (κ2) is 4.45. The summed E-state index contributed by atoms with van der Waals surface area (Å²) >= 11 is 0. The number of pyridine rings is 1. The van der Waals surface area contributed by atoms with E-state index in [2.05, 4.69) is 4.98 Å². The van der Waals surface area contributed by atoms with E-state index in [0.717, 1.165) is 0 Å². The molecule has 0 aliphatic carbocycles. The van der Waals surface area contributed by atoms with Gasteiger partial charge in [0, 0.05) is 13.1 Å². The lowest BCUT2D eigenvalue weighted by Crippen LogP contribution is -2.41. The SMILES string of the molecule is Nc1ccc(C(=O)O)nc1N1CCS(=O)(=O)CC1. The van der Waals surface area contributed by atoms with Crippen molar-refractivity contribution in [2.45, 2.75) is 0 Å². The van der Waals surface area contributed by atoms with Gasteiger partial charge in [-0.1, -0.05) is 0 Å². The molecule has 98 valence electrons.